The predicted molar refractivity (Wildman–Crippen MR) is 78.8 cm³/mol. The van der Waals surface area contributed by atoms with Crippen molar-refractivity contribution in [1.82, 2.24) is 0 Å². The Morgan fingerprint density at radius 3 is 1.67 bits per heavy atom. The summed E-state index contributed by atoms with van der Waals surface area (Å²) in [4.78, 5) is 2.10. The molecule has 0 aromatic heterocycles. The van der Waals surface area contributed by atoms with Gasteiger partial charge in [-0.25, -0.2) is 0 Å². The minimum Gasteiger partial charge on any atom is -0.378 e. The van der Waals surface area contributed by atoms with Gasteiger partial charge in [-0.1, -0.05) is 36.4 Å². The molecule has 2 rings (SSSR count). The molecule has 0 spiro atoms. The fraction of sp³-hybridized carbons (Fsp3) is 0.250. The van der Waals surface area contributed by atoms with Crippen LogP contribution in [-0.2, 0) is 0 Å². The van der Waals surface area contributed by atoms with E-state index in [1.165, 1.54) is 22.4 Å². The molecule has 0 heterocycles. The van der Waals surface area contributed by atoms with Gasteiger partial charge in [0.2, 0.25) is 0 Å². The highest BCUT2D eigenvalue weighted by Gasteiger charge is 2.01. The molecule has 0 fully saturated rings. The molecule has 2 heteroatoms. The highest BCUT2D eigenvalue weighted by atomic mass is 15.1. The normalized spacial score (nSPS) is 12.2. The third-order valence-electron chi connectivity index (χ3n) is 3.15. The zero-order chi connectivity index (χ0) is 13.1. The monoisotopic (exact) mass is 240 g/mol. The Bertz CT molecular complexity index is 446. The molecule has 94 valence electrons. The summed E-state index contributed by atoms with van der Waals surface area (Å²) in [7, 11) is 4.10. The molecule has 0 saturated carbocycles. The quantitative estimate of drug-likeness (QED) is 0.890. The summed E-state index contributed by atoms with van der Waals surface area (Å²) in [6.45, 7) is 2.00. The van der Waals surface area contributed by atoms with E-state index in [0.29, 0.717) is 0 Å². The maximum Gasteiger partial charge on any atom is 0.0361 e. The highest BCUT2D eigenvalue weighted by Crippen LogP contribution is 2.23. The first-order chi connectivity index (χ1) is 8.58. The number of anilines is 1. The summed E-state index contributed by atoms with van der Waals surface area (Å²) in [5.41, 5.74) is 10.7. The van der Waals surface area contributed by atoms with E-state index in [4.69, 9.17) is 5.73 Å². The Hall–Kier alpha value is -1.80. The Morgan fingerprint density at radius 2 is 1.28 bits per heavy atom. The van der Waals surface area contributed by atoms with Crippen LogP contribution in [0.5, 0.6) is 0 Å². The zero-order valence-corrected chi connectivity index (χ0v) is 11.2. The van der Waals surface area contributed by atoms with E-state index in [0.717, 1.165) is 0 Å². The van der Waals surface area contributed by atoms with Gasteiger partial charge in [0.25, 0.3) is 0 Å². The third-order valence-corrected chi connectivity index (χ3v) is 3.15. The number of hydrogen-bond donors (Lipinski definition) is 1. The lowest BCUT2D eigenvalue weighted by atomic mass is 10.0. The lowest BCUT2D eigenvalue weighted by Crippen LogP contribution is -2.07. The van der Waals surface area contributed by atoms with Crippen LogP contribution >= 0.6 is 0 Å². The number of hydrogen-bond acceptors (Lipinski definition) is 2. The predicted octanol–water partition coefficient (Wildman–Crippen LogP) is 3.44. The molecule has 2 aromatic carbocycles. The second-order valence-corrected chi connectivity index (χ2v) is 4.85. The smallest absolute Gasteiger partial charge is 0.0361 e. The first kappa shape index (κ1) is 12.7. The van der Waals surface area contributed by atoms with Gasteiger partial charge in [-0.05, 0) is 35.7 Å². The van der Waals surface area contributed by atoms with Crippen molar-refractivity contribution in [3.05, 3.63) is 54.1 Å². The highest BCUT2D eigenvalue weighted by molar-refractivity contribution is 5.66. The van der Waals surface area contributed by atoms with E-state index >= 15 is 0 Å². The van der Waals surface area contributed by atoms with Gasteiger partial charge < -0.3 is 10.6 Å². The van der Waals surface area contributed by atoms with Crippen LogP contribution in [0.3, 0.4) is 0 Å². The topological polar surface area (TPSA) is 29.3 Å². The minimum atomic E-state index is 0.0927. The van der Waals surface area contributed by atoms with E-state index < -0.39 is 0 Å². The van der Waals surface area contributed by atoms with E-state index in [9.17, 15) is 0 Å². The van der Waals surface area contributed by atoms with Crippen molar-refractivity contribution in [2.45, 2.75) is 13.0 Å². The van der Waals surface area contributed by atoms with E-state index in [-0.39, 0.29) is 6.04 Å². The SMILES string of the molecule is CC(N)c1ccc(-c2ccc(N(C)C)cc2)cc1. The zero-order valence-electron chi connectivity index (χ0n) is 11.2. The van der Waals surface area contributed by atoms with Gasteiger partial charge in [-0.15, -0.1) is 0 Å². The number of nitrogens with two attached hydrogens (primary N) is 1. The molecular formula is C16H20N2. The molecule has 2 N–H and O–H groups in total. The summed E-state index contributed by atoms with van der Waals surface area (Å²) in [6.07, 6.45) is 0. The largest absolute Gasteiger partial charge is 0.378 e. The molecule has 2 nitrogen and oxygen atoms in total. The van der Waals surface area contributed by atoms with Gasteiger partial charge in [-0.3, -0.25) is 0 Å². The molecule has 2 aromatic rings. The van der Waals surface area contributed by atoms with Crippen LogP contribution in [0.4, 0.5) is 5.69 Å². The standard InChI is InChI=1S/C16H20N2/c1-12(17)13-4-6-14(7-5-13)15-8-10-16(11-9-15)18(2)3/h4-12H,17H2,1-3H3. The fourth-order valence-electron chi connectivity index (χ4n) is 1.93. The molecule has 0 radical (unpaired) electrons. The molecule has 0 aliphatic rings. The van der Waals surface area contributed by atoms with Crippen LogP contribution in [0.2, 0.25) is 0 Å². The van der Waals surface area contributed by atoms with Gasteiger partial charge in [0.05, 0.1) is 0 Å². The second-order valence-electron chi connectivity index (χ2n) is 4.85. The van der Waals surface area contributed by atoms with Crippen molar-refractivity contribution in [3.63, 3.8) is 0 Å². The number of nitrogens with zero attached hydrogens (tertiary/aromatic N) is 1. The lowest BCUT2D eigenvalue weighted by Gasteiger charge is -2.13. The molecule has 0 bridgehead atoms. The van der Waals surface area contributed by atoms with E-state index in [1.54, 1.807) is 0 Å². The van der Waals surface area contributed by atoms with Crippen LogP contribution in [0.25, 0.3) is 11.1 Å². The molecule has 18 heavy (non-hydrogen) atoms. The molecule has 0 amide bonds. The summed E-state index contributed by atoms with van der Waals surface area (Å²) < 4.78 is 0. The second kappa shape index (κ2) is 5.23. The summed E-state index contributed by atoms with van der Waals surface area (Å²) >= 11 is 0. The van der Waals surface area contributed by atoms with Crippen LogP contribution < -0.4 is 10.6 Å². The van der Waals surface area contributed by atoms with Gasteiger partial charge >= 0.3 is 0 Å². The van der Waals surface area contributed by atoms with Crippen molar-refractivity contribution in [2.24, 2.45) is 5.73 Å². The molecular weight excluding hydrogens is 220 g/mol. The van der Waals surface area contributed by atoms with Crippen molar-refractivity contribution in [3.8, 4) is 11.1 Å². The summed E-state index contributed by atoms with van der Waals surface area (Å²) in [5.74, 6) is 0. The fourth-order valence-corrected chi connectivity index (χ4v) is 1.93. The first-order valence-electron chi connectivity index (χ1n) is 6.21. The Balaban J connectivity index is 2.25. The van der Waals surface area contributed by atoms with Crippen LogP contribution in [0, 0.1) is 0 Å². The van der Waals surface area contributed by atoms with Crippen LogP contribution in [-0.4, -0.2) is 14.1 Å². The maximum absolute atomic E-state index is 5.85. The number of rotatable bonds is 3. The minimum absolute atomic E-state index is 0.0927. The molecule has 1 unspecified atom stereocenters. The van der Waals surface area contributed by atoms with E-state index in [2.05, 4.69) is 53.4 Å². The van der Waals surface area contributed by atoms with Crippen LogP contribution in [0.15, 0.2) is 48.5 Å². The molecule has 0 aliphatic carbocycles. The van der Waals surface area contributed by atoms with Crippen molar-refractivity contribution in [1.29, 1.82) is 0 Å². The third kappa shape index (κ3) is 2.71. The van der Waals surface area contributed by atoms with Crippen LogP contribution in [0.1, 0.15) is 18.5 Å². The molecule has 1 atom stereocenters. The van der Waals surface area contributed by atoms with Crippen molar-refractivity contribution >= 4 is 5.69 Å². The first-order valence-corrected chi connectivity index (χ1v) is 6.21. The Kier molecular flexibility index (Phi) is 3.68. The van der Waals surface area contributed by atoms with Crippen molar-refractivity contribution in [2.75, 3.05) is 19.0 Å². The summed E-state index contributed by atoms with van der Waals surface area (Å²) in [5, 5.41) is 0. The maximum atomic E-state index is 5.85. The van der Waals surface area contributed by atoms with E-state index in [1.807, 2.05) is 21.0 Å². The van der Waals surface area contributed by atoms with Gasteiger partial charge in [0.15, 0.2) is 0 Å². The van der Waals surface area contributed by atoms with Gasteiger partial charge in [0.1, 0.15) is 0 Å². The lowest BCUT2D eigenvalue weighted by molar-refractivity contribution is 0.818. The van der Waals surface area contributed by atoms with Crippen molar-refractivity contribution < 1.29 is 0 Å². The molecule has 0 saturated heterocycles. The number of benzene rings is 2. The average molecular weight is 240 g/mol. The average Bonchev–Trinajstić information content (AvgIpc) is 2.39. The Morgan fingerprint density at radius 1 is 0.833 bits per heavy atom. The molecule has 0 aliphatic heterocycles. The van der Waals surface area contributed by atoms with Gasteiger partial charge in [-0.2, -0.15) is 0 Å². The van der Waals surface area contributed by atoms with Gasteiger partial charge in [0, 0.05) is 25.8 Å². The Labute approximate surface area is 109 Å². The summed E-state index contributed by atoms with van der Waals surface area (Å²) in [6, 6.07) is 17.1.